The van der Waals surface area contributed by atoms with Gasteiger partial charge in [0.15, 0.2) is 5.78 Å². The summed E-state index contributed by atoms with van der Waals surface area (Å²) in [6.07, 6.45) is -0.291. The van der Waals surface area contributed by atoms with Gasteiger partial charge in [-0.1, -0.05) is 12.1 Å². The van der Waals surface area contributed by atoms with Crippen molar-refractivity contribution in [3.8, 4) is 0 Å². The Morgan fingerprint density at radius 2 is 2.00 bits per heavy atom. The van der Waals surface area contributed by atoms with Gasteiger partial charge in [-0.05, 0) is 17.7 Å². The minimum atomic E-state index is -4.80. The Labute approximate surface area is 85.9 Å². The monoisotopic (exact) mass is 234 g/mol. The van der Waals surface area contributed by atoms with Crippen molar-refractivity contribution in [3.05, 3.63) is 35.6 Å². The van der Waals surface area contributed by atoms with Gasteiger partial charge in [0, 0.05) is 6.42 Å². The molecule has 0 heterocycles. The highest BCUT2D eigenvalue weighted by molar-refractivity contribution is 7.87. The van der Waals surface area contributed by atoms with Crippen LogP contribution in [-0.2, 0) is 21.4 Å². The highest BCUT2D eigenvalue weighted by Crippen LogP contribution is 2.05. The zero-order chi connectivity index (χ0) is 11.5. The van der Waals surface area contributed by atoms with E-state index in [1.165, 1.54) is 18.2 Å². The molecule has 0 aliphatic heterocycles. The summed E-state index contributed by atoms with van der Waals surface area (Å²) in [7, 11) is -4.80. The molecule has 6 heteroatoms. The summed E-state index contributed by atoms with van der Waals surface area (Å²) < 4.78 is 45.0. The molecule has 0 aliphatic carbocycles. The van der Waals surface area contributed by atoms with Crippen LogP contribution >= 0.6 is 0 Å². The molecule has 0 fully saturated rings. The van der Waals surface area contributed by atoms with Gasteiger partial charge in [0.25, 0.3) is 0 Å². The Hall–Kier alpha value is -1.30. The zero-order valence-corrected chi connectivity index (χ0v) is 8.43. The predicted octanol–water partition coefficient (Wildman–Crippen LogP) is 1.24. The van der Waals surface area contributed by atoms with Crippen LogP contribution in [0.25, 0.3) is 0 Å². The lowest BCUT2D eigenvalue weighted by atomic mass is 10.1. The standard InChI is InChI=1S/C9H8F2O3S/c10-8-3-1-2-7(4-8)5-9(12)6-15(11,13)14/h1-4H,5-6H2. The molecule has 1 aromatic carbocycles. The maximum atomic E-state index is 12.7. The summed E-state index contributed by atoms with van der Waals surface area (Å²) in [6, 6.07) is 5.15. The summed E-state index contributed by atoms with van der Waals surface area (Å²) in [5, 5.41) is 0. The van der Waals surface area contributed by atoms with Gasteiger partial charge in [-0.25, -0.2) is 4.39 Å². The lowest BCUT2D eigenvalue weighted by Gasteiger charge is -1.98. The van der Waals surface area contributed by atoms with E-state index in [2.05, 4.69) is 0 Å². The van der Waals surface area contributed by atoms with Gasteiger partial charge in [0.1, 0.15) is 11.6 Å². The molecule has 0 unspecified atom stereocenters. The minimum absolute atomic E-state index is 0.291. The average molecular weight is 234 g/mol. The average Bonchev–Trinajstić information content (AvgIpc) is 1.99. The van der Waals surface area contributed by atoms with Gasteiger partial charge in [-0.15, -0.1) is 3.89 Å². The number of ketones is 1. The molecule has 0 N–H and O–H groups in total. The van der Waals surface area contributed by atoms with Gasteiger partial charge in [0.2, 0.25) is 0 Å². The van der Waals surface area contributed by atoms with Crippen LogP contribution < -0.4 is 0 Å². The summed E-state index contributed by atoms with van der Waals surface area (Å²) in [5.74, 6) is -2.49. The van der Waals surface area contributed by atoms with E-state index < -0.39 is 27.6 Å². The van der Waals surface area contributed by atoms with Gasteiger partial charge >= 0.3 is 10.2 Å². The lowest BCUT2D eigenvalue weighted by molar-refractivity contribution is -0.116. The normalized spacial score (nSPS) is 11.3. The van der Waals surface area contributed by atoms with E-state index >= 15 is 0 Å². The van der Waals surface area contributed by atoms with Crippen LogP contribution in [0.4, 0.5) is 8.28 Å². The van der Waals surface area contributed by atoms with Crippen LogP contribution in [0.5, 0.6) is 0 Å². The van der Waals surface area contributed by atoms with Crippen molar-refractivity contribution in [2.45, 2.75) is 6.42 Å². The van der Waals surface area contributed by atoms with E-state index in [9.17, 15) is 21.5 Å². The van der Waals surface area contributed by atoms with Crippen molar-refractivity contribution in [2.75, 3.05) is 5.75 Å². The molecular weight excluding hydrogens is 226 g/mol. The van der Waals surface area contributed by atoms with Crippen LogP contribution in [0.15, 0.2) is 24.3 Å². The molecule has 0 saturated carbocycles. The molecule has 0 amide bonds. The SMILES string of the molecule is O=C(Cc1cccc(F)c1)CS(=O)(=O)F. The molecule has 0 bridgehead atoms. The molecule has 1 rings (SSSR count). The van der Waals surface area contributed by atoms with Crippen LogP contribution in [0.2, 0.25) is 0 Å². The fourth-order valence-corrected chi connectivity index (χ4v) is 1.60. The van der Waals surface area contributed by atoms with Crippen molar-refractivity contribution in [2.24, 2.45) is 0 Å². The van der Waals surface area contributed by atoms with Crippen molar-refractivity contribution in [3.63, 3.8) is 0 Å². The number of hydrogen-bond acceptors (Lipinski definition) is 3. The van der Waals surface area contributed by atoms with Gasteiger partial charge in [0.05, 0.1) is 0 Å². The third kappa shape index (κ3) is 4.64. The van der Waals surface area contributed by atoms with E-state index in [-0.39, 0.29) is 6.42 Å². The number of hydrogen-bond donors (Lipinski definition) is 0. The quantitative estimate of drug-likeness (QED) is 0.736. The number of Topliss-reactive ketones (excluding diaryl/α,β-unsaturated/α-hetero) is 1. The maximum Gasteiger partial charge on any atom is 0.309 e. The molecule has 15 heavy (non-hydrogen) atoms. The second-order valence-corrected chi connectivity index (χ2v) is 4.39. The highest BCUT2D eigenvalue weighted by atomic mass is 32.3. The zero-order valence-electron chi connectivity index (χ0n) is 7.61. The molecule has 82 valence electrons. The fourth-order valence-electron chi connectivity index (χ4n) is 1.12. The van der Waals surface area contributed by atoms with E-state index in [0.717, 1.165) is 6.07 Å². The summed E-state index contributed by atoms with van der Waals surface area (Å²) in [4.78, 5) is 11.0. The first-order valence-corrected chi connectivity index (χ1v) is 5.60. The molecule has 3 nitrogen and oxygen atoms in total. The second-order valence-electron chi connectivity index (χ2n) is 3.03. The van der Waals surface area contributed by atoms with E-state index in [0.29, 0.717) is 5.56 Å². The first kappa shape index (κ1) is 11.8. The smallest absolute Gasteiger partial charge is 0.298 e. The van der Waals surface area contributed by atoms with E-state index in [1.807, 2.05) is 0 Å². The summed E-state index contributed by atoms with van der Waals surface area (Å²) in [5.41, 5.74) is 0.323. The number of carbonyl (C=O) groups excluding carboxylic acids is 1. The Morgan fingerprint density at radius 1 is 1.33 bits per heavy atom. The maximum absolute atomic E-state index is 12.7. The Morgan fingerprint density at radius 3 is 2.53 bits per heavy atom. The summed E-state index contributed by atoms with van der Waals surface area (Å²) in [6.45, 7) is 0. The van der Waals surface area contributed by atoms with Gasteiger partial charge < -0.3 is 0 Å². The third-order valence-corrected chi connectivity index (χ3v) is 2.29. The Kier molecular flexibility index (Phi) is 3.52. The molecule has 0 aliphatic rings. The van der Waals surface area contributed by atoms with Crippen LogP contribution in [0, 0.1) is 5.82 Å². The summed E-state index contributed by atoms with van der Waals surface area (Å²) >= 11 is 0. The largest absolute Gasteiger partial charge is 0.309 e. The molecule has 0 radical (unpaired) electrons. The molecule has 0 spiro atoms. The number of benzene rings is 1. The fraction of sp³-hybridized carbons (Fsp3) is 0.222. The lowest BCUT2D eigenvalue weighted by Crippen LogP contribution is -2.14. The molecule has 0 saturated heterocycles. The molecule has 0 atom stereocenters. The van der Waals surface area contributed by atoms with Crippen LogP contribution in [0.3, 0.4) is 0 Å². The predicted molar refractivity (Wildman–Crippen MR) is 50.0 cm³/mol. The molecule has 0 aromatic heterocycles. The van der Waals surface area contributed by atoms with Crippen molar-refractivity contribution in [1.29, 1.82) is 0 Å². The van der Waals surface area contributed by atoms with Crippen LogP contribution in [0.1, 0.15) is 5.56 Å². The highest BCUT2D eigenvalue weighted by Gasteiger charge is 2.15. The first-order valence-electron chi connectivity index (χ1n) is 4.05. The third-order valence-electron chi connectivity index (χ3n) is 1.62. The number of halogens is 2. The van der Waals surface area contributed by atoms with E-state index in [1.54, 1.807) is 0 Å². The van der Waals surface area contributed by atoms with Crippen molar-refractivity contribution in [1.82, 2.24) is 0 Å². The van der Waals surface area contributed by atoms with Crippen LogP contribution in [-0.4, -0.2) is 20.0 Å². The minimum Gasteiger partial charge on any atom is -0.298 e. The van der Waals surface area contributed by atoms with Crippen molar-refractivity contribution < 1.29 is 21.5 Å². The molecule has 1 aromatic rings. The number of rotatable bonds is 4. The van der Waals surface area contributed by atoms with E-state index in [4.69, 9.17) is 0 Å². The Bertz CT molecular complexity index is 468. The topological polar surface area (TPSA) is 51.2 Å². The number of carbonyl (C=O) groups is 1. The first-order chi connectivity index (χ1) is 6.87. The van der Waals surface area contributed by atoms with Crippen molar-refractivity contribution >= 4 is 16.0 Å². The Balaban J connectivity index is 2.67. The molecular formula is C9H8F2O3S. The van der Waals surface area contributed by atoms with Gasteiger partial charge in [-0.2, -0.15) is 8.42 Å². The van der Waals surface area contributed by atoms with Gasteiger partial charge in [-0.3, -0.25) is 4.79 Å². The second kappa shape index (κ2) is 4.48.